The van der Waals surface area contributed by atoms with Gasteiger partial charge in [-0.25, -0.2) is 9.97 Å². The summed E-state index contributed by atoms with van der Waals surface area (Å²) in [6.07, 6.45) is 18.8. The molecule has 46 heavy (non-hydrogen) atoms. The van der Waals surface area contributed by atoms with Crippen molar-refractivity contribution in [2.24, 2.45) is 0 Å². The van der Waals surface area contributed by atoms with Crippen molar-refractivity contribution in [3.05, 3.63) is 187 Å². The zero-order valence-electron chi connectivity index (χ0n) is 25.5. The molecule has 0 radical (unpaired) electrons. The van der Waals surface area contributed by atoms with Crippen molar-refractivity contribution < 1.29 is 0 Å². The quantitative estimate of drug-likeness (QED) is 0.193. The monoisotopic (exact) mass is 591 g/mol. The summed E-state index contributed by atoms with van der Waals surface area (Å²) in [4.78, 5) is 14.8. The van der Waals surface area contributed by atoms with Gasteiger partial charge < -0.3 is 0 Å². The molecule has 220 valence electrons. The lowest BCUT2D eigenvalue weighted by Crippen LogP contribution is -2.08. The molecule has 0 spiro atoms. The molecule has 0 N–H and O–H groups in total. The van der Waals surface area contributed by atoms with Gasteiger partial charge in [0.25, 0.3) is 0 Å². The van der Waals surface area contributed by atoms with Crippen molar-refractivity contribution in [2.45, 2.75) is 24.7 Å². The van der Waals surface area contributed by atoms with E-state index in [0.717, 1.165) is 41.2 Å². The van der Waals surface area contributed by atoms with E-state index in [-0.39, 0.29) is 5.92 Å². The van der Waals surface area contributed by atoms with E-state index in [4.69, 9.17) is 9.97 Å². The van der Waals surface area contributed by atoms with Crippen LogP contribution in [0.4, 0.5) is 0 Å². The lowest BCUT2D eigenvalue weighted by atomic mass is 9.85. The van der Waals surface area contributed by atoms with Gasteiger partial charge in [0, 0.05) is 29.8 Å². The van der Waals surface area contributed by atoms with E-state index in [1.807, 2.05) is 18.5 Å². The molecule has 2 aliphatic carbocycles. The van der Waals surface area contributed by atoms with E-state index in [2.05, 4.69) is 151 Å². The SMILES string of the molecule is C1=CC(c2ccccc2)CC(c2cc(C3C=CC=C(c4cccnc4)C3)nc(-c3ccc(-c4ccc5ccccc5c4)cc3)n2)=C1. The van der Waals surface area contributed by atoms with Gasteiger partial charge in [0.1, 0.15) is 0 Å². The second-order valence-electron chi connectivity index (χ2n) is 12.1. The van der Waals surface area contributed by atoms with E-state index < -0.39 is 0 Å². The summed E-state index contributed by atoms with van der Waals surface area (Å²) in [5, 5.41) is 2.49. The number of hydrogen-bond acceptors (Lipinski definition) is 3. The van der Waals surface area contributed by atoms with Gasteiger partial charge in [-0.2, -0.15) is 0 Å². The summed E-state index contributed by atoms with van der Waals surface area (Å²) in [6, 6.07) is 40.9. The molecule has 2 unspecified atom stereocenters. The Morgan fingerprint density at radius 2 is 1.24 bits per heavy atom. The van der Waals surface area contributed by atoms with E-state index in [9.17, 15) is 0 Å². The minimum Gasteiger partial charge on any atom is -0.264 e. The van der Waals surface area contributed by atoms with E-state index in [1.54, 1.807) is 0 Å². The maximum Gasteiger partial charge on any atom is 0.160 e. The normalized spacial score (nSPS) is 17.5. The fourth-order valence-corrected chi connectivity index (χ4v) is 6.58. The van der Waals surface area contributed by atoms with Crippen LogP contribution < -0.4 is 0 Å². The molecule has 2 aromatic heterocycles. The molecule has 2 aliphatic rings. The van der Waals surface area contributed by atoms with Crippen LogP contribution in [0.2, 0.25) is 0 Å². The Hall–Kier alpha value is -5.67. The second kappa shape index (κ2) is 12.4. The van der Waals surface area contributed by atoms with Gasteiger partial charge in [0.2, 0.25) is 0 Å². The number of pyridine rings is 1. The highest BCUT2D eigenvalue weighted by molar-refractivity contribution is 5.87. The zero-order chi connectivity index (χ0) is 30.7. The Kier molecular flexibility index (Phi) is 7.49. The first-order valence-electron chi connectivity index (χ1n) is 16.0. The molecule has 4 aromatic carbocycles. The van der Waals surface area contributed by atoms with Crippen LogP contribution in [0.1, 0.15) is 47.2 Å². The number of fused-ring (bicyclic) bond motifs is 1. The minimum atomic E-state index is 0.141. The molecule has 3 nitrogen and oxygen atoms in total. The molecule has 2 atom stereocenters. The number of nitrogens with zero attached hydrogens (tertiary/aromatic N) is 3. The van der Waals surface area contributed by atoms with Crippen molar-refractivity contribution in [2.75, 3.05) is 0 Å². The molecule has 8 rings (SSSR count). The Balaban J connectivity index is 1.15. The van der Waals surface area contributed by atoms with Gasteiger partial charge in [-0.15, -0.1) is 0 Å². The minimum absolute atomic E-state index is 0.141. The number of benzene rings is 4. The molecule has 0 aliphatic heterocycles. The van der Waals surface area contributed by atoms with Crippen LogP contribution in [-0.2, 0) is 0 Å². The van der Waals surface area contributed by atoms with Gasteiger partial charge in [-0.1, -0.05) is 134 Å². The second-order valence-corrected chi connectivity index (χ2v) is 12.1. The van der Waals surface area contributed by atoms with E-state index in [0.29, 0.717) is 5.92 Å². The molecule has 0 bridgehead atoms. The highest BCUT2D eigenvalue weighted by Gasteiger charge is 2.22. The Bertz CT molecular complexity index is 2140. The van der Waals surface area contributed by atoms with Crippen LogP contribution in [0.3, 0.4) is 0 Å². The molecule has 0 saturated heterocycles. The van der Waals surface area contributed by atoms with Gasteiger partial charge >= 0.3 is 0 Å². The number of aromatic nitrogens is 3. The third-order valence-corrected chi connectivity index (χ3v) is 9.10. The van der Waals surface area contributed by atoms with Crippen molar-refractivity contribution in [3.8, 4) is 22.5 Å². The topological polar surface area (TPSA) is 38.7 Å². The van der Waals surface area contributed by atoms with Crippen molar-refractivity contribution >= 4 is 21.9 Å². The predicted octanol–water partition coefficient (Wildman–Crippen LogP) is 10.6. The molecule has 0 saturated carbocycles. The fourth-order valence-electron chi connectivity index (χ4n) is 6.58. The Morgan fingerprint density at radius 3 is 2.07 bits per heavy atom. The molecule has 0 amide bonds. The Labute approximate surface area is 270 Å². The number of allylic oxidation sites excluding steroid dienone is 8. The van der Waals surface area contributed by atoms with Crippen molar-refractivity contribution in [1.82, 2.24) is 15.0 Å². The van der Waals surface area contributed by atoms with E-state index >= 15 is 0 Å². The summed E-state index contributed by atoms with van der Waals surface area (Å²) in [5.41, 5.74) is 10.4. The average molecular weight is 592 g/mol. The smallest absolute Gasteiger partial charge is 0.160 e. The van der Waals surface area contributed by atoms with Crippen LogP contribution in [0.5, 0.6) is 0 Å². The lowest BCUT2D eigenvalue weighted by molar-refractivity contribution is 0.814. The third kappa shape index (κ3) is 5.76. The summed E-state index contributed by atoms with van der Waals surface area (Å²) in [6.45, 7) is 0. The largest absolute Gasteiger partial charge is 0.264 e. The maximum absolute atomic E-state index is 5.22. The summed E-state index contributed by atoms with van der Waals surface area (Å²) >= 11 is 0. The highest BCUT2D eigenvalue weighted by atomic mass is 14.9. The van der Waals surface area contributed by atoms with Gasteiger partial charge in [-0.05, 0) is 75.2 Å². The summed E-state index contributed by atoms with van der Waals surface area (Å²) < 4.78 is 0. The van der Waals surface area contributed by atoms with E-state index in [1.165, 1.54) is 38.6 Å². The van der Waals surface area contributed by atoms with Crippen LogP contribution in [0, 0.1) is 0 Å². The van der Waals surface area contributed by atoms with Crippen LogP contribution in [0.15, 0.2) is 164 Å². The summed E-state index contributed by atoms with van der Waals surface area (Å²) in [7, 11) is 0. The van der Waals surface area contributed by atoms with Gasteiger partial charge in [0.05, 0.1) is 11.4 Å². The molecule has 2 heterocycles. The average Bonchev–Trinajstić information content (AvgIpc) is 3.15. The van der Waals surface area contributed by atoms with Gasteiger partial charge in [-0.3, -0.25) is 4.98 Å². The molecular weight excluding hydrogens is 558 g/mol. The predicted molar refractivity (Wildman–Crippen MR) is 190 cm³/mol. The first-order valence-corrected chi connectivity index (χ1v) is 16.0. The van der Waals surface area contributed by atoms with Crippen LogP contribution in [0.25, 0.3) is 44.4 Å². The molecule has 6 aromatic rings. The number of rotatable bonds is 6. The summed E-state index contributed by atoms with van der Waals surface area (Å²) in [5.74, 6) is 1.22. The highest BCUT2D eigenvalue weighted by Crippen LogP contribution is 2.37. The first kappa shape index (κ1) is 27.8. The number of hydrogen-bond donors (Lipinski definition) is 0. The zero-order valence-corrected chi connectivity index (χ0v) is 25.5. The van der Waals surface area contributed by atoms with Gasteiger partial charge in [0.15, 0.2) is 5.82 Å². The third-order valence-electron chi connectivity index (χ3n) is 9.10. The lowest BCUT2D eigenvalue weighted by Gasteiger charge is -2.22. The standard InChI is InChI=1S/C43H33N3/c1-2-9-30(10-3-1)35-13-6-15-38(26-35)41-28-42(39-16-7-14-36(27-39)40-17-8-24-44-29-40)46-43(45-41)33-21-18-32(19-22-33)37-23-20-31-11-4-5-12-34(31)25-37/h1-25,28-29,35,39H,26-27H2. The van der Waals surface area contributed by atoms with Crippen LogP contribution >= 0.6 is 0 Å². The van der Waals surface area contributed by atoms with Crippen LogP contribution in [-0.4, -0.2) is 15.0 Å². The molecular formula is C43H33N3. The maximum atomic E-state index is 5.22. The Morgan fingerprint density at radius 1 is 0.522 bits per heavy atom. The van der Waals surface area contributed by atoms with Crippen molar-refractivity contribution in [3.63, 3.8) is 0 Å². The first-order chi connectivity index (χ1) is 22.8. The fraction of sp³-hybridized carbons (Fsp3) is 0.0930. The molecule has 0 fully saturated rings. The van der Waals surface area contributed by atoms with Crippen molar-refractivity contribution in [1.29, 1.82) is 0 Å². The molecule has 3 heteroatoms.